The first-order valence-corrected chi connectivity index (χ1v) is 15.2. The largest absolute Gasteiger partial charge is 0.444 e. The topological polar surface area (TPSA) is 105 Å². The molecule has 0 bridgehead atoms. The van der Waals surface area contributed by atoms with Gasteiger partial charge >= 0.3 is 6.09 Å². The number of hydrogen-bond donors (Lipinski definition) is 1. The van der Waals surface area contributed by atoms with Crippen LogP contribution in [-0.4, -0.2) is 78.5 Å². The average molecular weight is 582 g/mol. The van der Waals surface area contributed by atoms with Crippen LogP contribution in [0.4, 0.5) is 4.79 Å². The number of carbonyl (C=O) groups is 4. The molecule has 1 atom stereocenters. The van der Waals surface area contributed by atoms with Crippen LogP contribution in [0.15, 0.2) is 18.2 Å². The van der Waals surface area contributed by atoms with Gasteiger partial charge in [0, 0.05) is 56.8 Å². The third kappa shape index (κ3) is 9.59. The summed E-state index contributed by atoms with van der Waals surface area (Å²) < 4.78 is 11.5. The van der Waals surface area contributed by atoms with E-state index in [4.69, 9.17) is 9.47 Å². The smallest absolute Gasteiger partial charge is 0.410 e. The number of carbonyl (C=O) groups excluding carboxylic acids is 4. The Kier molecular flexibility index (Phi) is 12.4. The highest BCUT2D eigenvalue weighted by atomic mass is 16.6. The number of likely N-dealkylation sites (N-methyl/N-ethyl adjacent to an activating group) is 1. The van der Waals surface area contributed by atoms with Crippen LogP contribution in [0.3, 0.4) is 0 Å². The van der Waals surface area contributed by atoms with Gasteiger partial charge in [0.15, 0.2) is 0 Å². The zero-order chi connectivity index (χ0) is 30.7. The Morgan fingerprint density at radius 1 is 1.19 bits per heavy atom. The van der Waals surface area contributed by atoms with Crippen LogP contribution in [-0.2, 0) is 25.6 Å². The predicted octanol–water partition coefficient (Wildman–Crippen LogP) is 4.70. The number of ether oxygens (including phenoxy) is 2. The van der Waals surface area contributed by atoms with Gasteiger partial charge in [-0.3, -0.25) is 9.59 Å². The first-order valence-electron chi connectivity index (χ1n) is 15.2. The van der Waals surface area contributed by atoms with Gasteiger partial charge in [-0.25, -0.2) is 4.79 Å². The lowest BCUT2D eigenvalue weighted by atomic mass is 9.87. The number of unbranched alkanes of at least 4 members (excludes halogenated alkanes) is 1. The lowest BCUT2D eigenvalue weighted by Crippen LogP contribution is -2.46. The molecule has 1 N–H and O–H groups in total. The number of hydrogen-bond acceptors (Lipinski definition) is 6. The summed E-state index contributed by atoms with van der Waals surface area (Å²) in [5, 5.41) is 2.59. The van der Waals surface area contributed by atoms with Gasteiger partial charge in [-0.05, 0) is 89.0 Å². The first kappa shape index (κ1) is 33.1. The maximum Gasteiger partial charge on any atom is 0.410 e. The average Bonchev–Trinajstić information content (AvgIpc) is 3.27. The van der Waals surface area contributed by atoms with Crippen LogP contribution in [0.5, 0.6) is 0 Å². The molecule has 9 heteroatoms. The minimum absolute atomic E-state index is 0.200. The van der Waals surface area contributed by atoms with Crippen LogP contribution in [0.1, 0.15) is 101 Å². The quantitative estimate of drug-likeness (QED) is 0.218. The van der Waals surface area contributed by atoms with E-state index in [1.807, 2.05) is 37.8 Å². The first-order chi connectivity index (χ1) is 20.0. The second kappa shape index (κ2) is 15.7. The SMILES string of the molecule is CNC(=O)C(CCC=O)N1Cc2cc(C#CCCCOCCN(C(=O)OC(C)(C)C)C3CCC(C)CC3)ccc2C1=O. The van der Waals surface area contributed by atoms with Crippen molar-refractivity contribution >= 4 is 24.2 Å². The van der Waals surface area contributed by atoms with Crippen molar-refractivity contribution in [1.82, 2.24) is 15.1 Å². The second-order valence-corrected chi connectivity index (χ2v) is 12.3. The monoisotopic (exact) mass is 581 g/mol. The molecular formula is C33H47N3O6. The van der Waals surface area contributed by atoms with E-state index in [0.717, 1.165) is 49.5 Å². The maximum absolute atomic E-state index is 12.9. The number of nitrogens with zero attached hydrogens (tertiary/aromatic N) is 2. The molecule has 1 saturated carbocycles. The highest BCUT2D eigenvalue weighted by Gasteiger charge is 2.36. The van der Waals surface area contributed by atoms with Gasteiger partial charge in [0.2, 0.25) is 5.91 Å². The molecule has 1 aromatic carbocycles. The second-order valence-electron chi connectivity index (χ2n) is 12.3. The molecule has 3 amide bonds. The van der Waals surface area contributed by atoms with E-state index >= 15 is 0 Å². The Morgan fingerprint density at radius 3 is 2.60 bits per heavy atom. The van der Waals surface area contributed by atoms with Gasteiger partial charge in [-0.15, -0.1) is 0 Å². The maximum atomic E-state index is 12.9. The third-order valence-corrected chi connectivity index (χ3v) is 7.77. The number of fused-ring (bicyclic) bond motifs is 1. The van der Waals surface area contributed by atoms with E-state index < -0.39 is 11.6 Å². The van der Waals surface area contributed by atoms with Crippen molar-refractivity contribution < 1.29 is 28.7 Å². The van der Waals surface area contributed by atoms with Gasteiger partial charge in [0.05, 0.1) is 6.61 Å². The molecule has 1 heterocycles. The molecule has 42 heavy (non-hydrogen) atoms. The predicted molar refractivity (Wildman–Crippen MR) is 161 cm³/mol. The molecule has 0 saturated heterocycles. The van der Waals surface area contributed by atoms with Crippen molar-refractivity contribution in [3.63, 3.8) is 0 Å². The molecule has 9 nitrogen and oxygen atoms in total. The van der Waals surface area contributed by atoms with E-state index in [0.29, 0.717) is 44.2 Å². The normalized spacial score (nSPS) is 18.9. The number of nitrogens with one attached hydrogen (secondary N) is 1. The van der Waals surface area contributed by atoms with Crippen LogP contribution in [0, 0.1) is 17.8 Å². The Bertz CT molecular complexity index is 1160. The Hall–Kier alpha value is -3.38. The lowest BCUT2D eigenvalue weighted by Gasteiger charge is -2.37. The molecule has 1 aromatic rings. The van der Waals surface area contributed by atoms with Crippen LogP contribution < -0.4 is 5.32 Å². The van der Waals surface area contributed by atoms with Crippen molar-refractivity contribution in [3.05, 3.63) is 34.9 Å². The van der Waals surface area contributed by atoms with E-state index in [-0.39, 0.29) is 36.8 Å². The molecule has 1 fully saturated rings. The summed E-state index contributed by atoms with van der Waals surface area (Å²) in [5.41, 5.74) is 1.67. The van der Waals surface area contributed by atoms with Crippen LogP contribution >= 0.6 is 0 Å². The van der Waals surface area contributed by atoms with Crippen molar-refractivity contribution in [2.75, 3.05) is 26.8 Å². The van der Waals surface area contributed by atoms with Crippen molar-refractivity contribution in [2.45, 2.75) is 103 Å². The molecule has 0 spiro atoms. The highest BCUT2D eigenvalue weighted by molar-refractivity contribution is 6.01. The summed E-state index contributed by atoms with van der Waals surface area (Å²) in [5.74, 6) is 6.56. The van der Waals surface area contributed by atoms with Gasteiger partial charge < -0.3 is 29.4 Å². The summed E-state index contributed by atoms with van der Waals surface area (Å²) in [6.07, 6.45) is 6.67. The fraction of sp³-hybridized carbons (Fsp3) is 0.636. The van der Waals surface area contributed by atoms with E-state index in [2.05, 4.69) is 24.1 Å². The zero-order valence-corrected chi connectivity index (χ0v) is 25.9. The molecular weight excluding hydrogens is 534 g/mol. The molecule has 1 aliphatic heterocycles. The van der Waals surface area contributed by atoms with E-state index in [9.17, 15) is 19.2 Å². The van der Waals surface area contributed by atoms with Crippen molar-refractivity contribution in [2.24, 2.45) is 5.92 Å². The van der Waals surface area contributed by atoms with Gasteiger partial charge in [-0.2, -0.15) is 0 Å². The number of amides is 3. The van der Waals surface area contributed by atoms with E-state index in [1.54, 1.807) is 6.07 Å². The molecule has 0 radical (unpaired) electrons. The minimum atomic E-state index is -0.683. The standard InChI is InChI=1S/C33H47N3O6/c1-24-12-15-27(16-13-24)35(32(40)42-33(2,3)4)18-21-41-20-8-6-7-10-25-14-17-28-26(22-25)23-36(31(28)39)29(11-9-19-37)30(38)34-5/h14,17,19,22,24,27,29H,6,8-9,11-13,15-16,18,20-21,23H2,1-5H3,(H,34,38). The highest BCUT2D eigenvalue weighted by Crippen LogP contribution is 2.29. The number of rotatable bonds is 12. The zero-order valence-electron chi connectivity index (χ0n) is 25.9. The van der Waals surface area contributed by atoms with E-state index in [1.165, 1.54) is 11.9 Å². The summed E-state index contributed by atoms with van der Waals surface area (Å²) in [6, 6.07) is 4.99. The Balaban J connectivity index is 1.46. The molecule has 0 aromatic heterocycles. The lowest BCUT2D eigenvalue weighted by molar-refractivity contribution is -0.125. The molecule has 3 rings (SSSR count). The van der Waals surface area contributed by atoms with Crippen molar-refractivity contribution in [3.8, 4) is 11.8 Å². The minimum Gasteiger partial charge on any atom is -0.444 e. The molecule has 2 aliphatic rings. The molecule has 1 aliphatic carbocycles. The fourth-order valence-corrected chi connectivity index (χ4v) is 5.48. The number of aldehydes is 1. The van der Waals surface area contributed by atoms with Crippen LogP contribution in [0.2, 0.25) is 0 Å². The van der Waals surface area contributed by atoms with Crippen LogP contribution in [0.25, 0.3) is 0 Å². The molecule has 230 valence electrons. The van der Waals surface area contributed by atoms with Gasteiger partial charge in [0.1, 0.15) is 17.9 Å². The third-order valence-electron chi connectivity index (χ3n) is 7.77. The van der Waals surface area contributed by atoms with Crippen molar-refractivity contribution in [1.29, 1.82) is 0 Å². The number of benzene rings is 1. The summed E-state index contributed by atoms with van der Waals surface area (Å²) in [4.78, 5) is 52.4. The van der Waals surface area contributed by atoms with Gasteiger partial charge in [0.25, 0.3) is 5.91 Å². The Labute approximate surface area is 250 Å². The fourth-order valence-electron chi connectivity index (χ4n) is 5.48. The summed E-state index contributed by atoms with van der Waals surface area (Å²) in [7, 11) is 1.53. The Morgan fingerprint density at radius 2 is 1.93 bits per heavy atom. The van der Waals surface area contributed by atoms with Gasteiger partial charge in [-0.1, -0.05) is 18.8 Å². The summed E-state index contributed by atoms with van der Waals surface area (Å²) in [6.45, 7) is 9.77. The molecule has 1 unspecified atom stereocenters. The summed E-state index contributed by atoms with van der Waals surface area (Å²) >= 11 is 0.